The van der Waals surface area contributed by atoms with E-state index in [0.29, 0.717) is 0 Å². The highest BCUT2D eigenvalue weighted by molar-refractivity contribution is 9.10. The maximum absolute atomic E-state index is 12.0. The molecule has 0 N–H and O–H groups in total. The Balaban J connectivity index is 2.15. The fourth-order valence-corrected chi connectivity index (χ4v) is 2.27. The zero-order valence-corrected chi connectivity index (χ0v) is 13.4. The Bertz CT molecular complexity index is 996. The Morgan fingerprint density at radius 3 is 2.50 bits per heavy atom. The molecular formula is C13H11BrN6O2. The van der Waals surface area contributed by atoms with Crippen LogP contribution in [0.3, 0.4) is 0 Å². The minimum atomic E-state index is -0.497. The number of aromatic nitrogens is 5. The molecule has 1 aromatic carbocycles. The van der Waals surface area contributed by atoms with Gasteiger partial charge in [-0.05, 0) is 22.9 Å². The van der Waals surface area contributed by atoms with Crippen LogP contribution in [0.1, 0.15) is 5.56 Å². The van der Waals surface area contributed by atoms with Gasteiger partial charge in [0.1, 0.15) is 0 Å². The molecule has 9 heteroatoms. The molecule has 0 saturated carbocycles. The number of hydrogen-bond donors (Lipinski definition) is 0. The molecule has 2 heterocycles. The van der Waals surface area contributed by atoms with Gasteiger partial charge in [0.25, 0.3) is 5.56 Å². The summed E-state index contributed by atoms with van der Waals surface area (Å²) in [6.45, 7) is 0. The molecule has 3 aromatic rings. The van der Waals surface area contributed by atoms with Crippen LogP contribution in [-0.2, 0) is 14.1 Å². The lowest BCUT2D eigenvalue weighted by molar-refractivity contribution is 0.666. The molecule has 3 rings (SSSR count). The van der Waals surface area contributed by atoms with Gasteiger partial charge in [-0.15, -0.1) is 9.89 Å². The average molecular weight is 363 g/mol. The molecular weight excluding hydrogens is 352 g/mol. The second kappa shape index (κ2) is 5.34. The molecule has 0 atom stereocenters. The van der Waals surface area contributed by atoms with E-state index in [0.717, 1.165) is 14.6 Å². The van der Waals surface area contributed by atoms with Crippen molar-refractivity contribution in [1.82, 2.24) is 24.2 Å². The fraction of sp³-hybridized carbons (Fsp3) is 0.154. The van der Waals surface area contributed by atoms with Crippen molar-refractivity contribution in [3.05, 3.63) is 55.1 Å². The van der Waals surface area contributed by atoms with Crippen molar-refractivity contribution in [3.63, 3.8) is 0 Å². The van der Waals surface area contributed by atoms with Gasteiger partial charge < -0.3 is 0 Å². The molecule has 0 radical (unpaired) electrons. The number of fused-ring (bicyclic) bond motifs is 1. The number of halogens is 1. The summed E-state index contributed by atoms with van der Waals surface area (Å²) in [6, 6.07) is 7.49. The van der Waals surface area contributed by atoms with Crippen molar-refractivity contribution < 1.29 is 0 Å². The highest BCUT2D eigenvalue weighted by atomic mass is 79.9. The number of rotatable bonds is 2. The summed E-state index contributed by atoms with van der Waals surface area (Å²) < 4.78 is 3.23. The molecule has 0 unspecified atom stereocenters. The topological polar surface area (TPSA) is 87.1 Å². The van der Waals surface area contributed by atoms with E-state index >= 15 is 0 Å². The van der Waals surface area contributed by atoms with Crippen molar-refractivity contribution in [2.24, 2.45) is 19.2 Å². The van der Waals surface area contributed by atoms with Gasteiger partial charge in [0, 0.05) is 18.6 Å². The Labute approximate surface area is 132 Å². The van der Waals surface area contributed by atoms with E-state index in [1.54, 1.807) is 13.3 Å². The van der Waals surface area contributed by atoms with Crippen LogP contribution >= 0.6 is 15.9 Å². The van der Waals surface area contributed by atoms with Crippen LogP contribution in [0.25, 0.3) is 11.2 Å². The molecule has 0 spiro atoms. The summed E-state index contributed by atoms with van der Waals surface area (Å²) in [5.41, 5.74) is 0.239. The van der Waals surface area contributed by atoms with E-state index in [2.05, 4.69) is 31.3 Å². The minimum Gasteiger partial charge on any atom is -0.278 e. The van der Waals surface area contributed by atoms with E-state index in [9.17, 15) is 9.59 Å². The van der Waals surface area contributed by atoms with Crippen LogP contribution in [-0.4, -0.2) is 30.5 Å². The first-order chi connectivity index (χ1) is 10.5. The number of nitrogens with zero attached hydrogens (tertiary/aromatic N) is 6. The van der Waals surface area contributed by atoms with Crippen LogP contribution in [0.15, 0.2) is 43.4 Å². The predicted octanol–water partition coefficient (Wildman–Crippen LogP) is 0.473. The van der Waals surface area contributed by atoms with Crippen molar-refractivity contribution in [1.29, 1.82) is 0 Å². The summed E-state index contributed by atoms with van der Waals surface area (Å²) in [7, 11) is 2.94. The first-order valence-corrected chi connectivity index (χ1v) is 7.09. The molecule has 0 fully saturated rings. The third kappa shape index (κ3) is 2.29. The van der Waals surface area contributed by atoms with Crippen molar-refractivity contribution in [3.8, 4) is 0 Å². The molecule has 0 aliphatic carbocycles. The van der Waals surface area contributed by atoms with Crippen LogP contribution in [0.2, 0.25) is 0 Å². The Hall–Kier alpha value is -2.55. The van der Waals surface area contributed by atoms with Gasteiger partial charge in [0.05, 0.1) is 6.21 Å². The smallest absolute Gasteiger partial charge is 0.278 e. The quantitative estimate of drug-likeness (QED) is 0.620. The molecule has 2 aromatic heterocycles. The summed E-state index contributed by atoms with van der Waals surface area (Å²) in [6.07, 6.45) is 1.57. The minimum absolute atomic E-state index is 0.0950. The molecule has 0 amide bonds. The standard InChI is InChI=1S/C13H11BrN6O2/c1-18-11-10(12(21)19(2)13(18)22)16-17-20(11)15-7-8-3-5-9(14)6-4-8/h3-7H,1-2H3/b15-7+. The largest absolute Gasteiger partial charge is 0.332 e. The third-order valence-corrected chi connectivity index (χ3v) is 3.74. The fourth-order valence-electron chi connectivity index (χ4n) is 2.01. The maximum Gasteiger partial charge on any atom is 0.332 e. The first kappa shape index (κ1) is 14.4. The number of hydrogen-bond acceptors (Lipinski definition) is 5. The molecule has 0 bridgehead atoms. The monoisotopic (exact) mass is 362 g/mol. The molecule has 0 saturated heterocycles. The SMILES string of the molecule is Cn1c(=O)c2nnn(/N=C/c3ccc(Br)cc3)c2n(C)c1=O. The third-order valence-electron chi connectivity index (χ3n) is 3.22. The van der Waals surface area contributed by atoms with Crippen LogP contribution < -0.4 is 11.2 Å². The highest BCUT2D eigenvalue weighted by Gasteiger charge is 2.14. The Morgan fingerprint density at radius 1 is 1.14 bits per heavy atom. The van der Waals surface area contributed by atoms with E-state index in [1.807, 2.05) is 24.3 Å². The van der Waals surface area contributed by atoms with Gasteiger partial charge in [0.2, 0.25) is 0 Å². The number of benzene rings is 1. The Kier molecular flexibility index (Phi) is 3.49. The molecule has 8 nitrogen and oxygen atoms in total. The second-order valence-corrected chi connectivity index (χ2v) is 5.57. The average Bonchev–Trinajstić information content (AvgIpc) is 2.94. The zero-order chi connectivity index (χ0) is 15.9. The van der Waals surface area contributed by atoms with E-state index in [-0.39, 0.29) is 11.2 Å². The van der Waals surface area contributed by atoms with Gasteiger partial charge in [-0.25, -0.2) is 4.79 Å². The lowest BCUT2D eigenvalue weighted by Gasteiger charge is -2.03. The van der Waals surface area contributed by atoms with Crippen LogP contribution in [0, 0.1) is 0 Å². The molecule has 0 aliphatic rings. The van der Waals surface area contributed by atoms with Gasteiger partial charge in [-0.2, -0.15) is 5.10 Å². The lowest BCUT2D eigenvalue weighted by atomic mass is 10.2. The van der Waals surface area contributed by atoms with E-state index in [1.165, 1.54) is 16.4 Å². The lowest BCUT2D eigenvalue weighted by Crippen LogP contribution is -2.37. The van der Waals surface area contributed by atoms with Crippen LogP contribution in [0.4, 0.5) is 0 Å². The van der Waals surface area contributed by atoms with Gasteiger partial charge in [-0.1, -0.05) is 28.1 Å². The first-order valence-electron chi connectivity index (χ1n) is 6.30. The second-order valence-electron chi connectivity index (χ2n) is 4.65. The summed E-state index contributed by atoms with van der Waals surface area (Å²) in [4.78, 5) is 25.1. The van der Waals surface area contributed by atoms with E-state index < -0.39 is 11.2 Å². The van der Waals surface area contributed by atoms with Crippen molar-refractivity contribution in [2.45, 2.75) is 0 Å². The van der Waals surface area contributed by atoms with Gasteiger partial charge in [-0.3, -0.25) is 13.9 Å². The summed E-state index contributed by atoms with van der Waals surface area (Å²) in [5, 5.41) is 11.8. The molecule has 112 valence electrons. The predicted molar refractivity (Wildman–Crippen MR) is 85.1 cm³/mol. The summed E-state index contributed by atoms with van der Waals surface area (Å²) >= 11 is 3.35. The molecule has 0 aliphatic heterocycles. The van der Waals surface area contributed by atoms with Crippen LogP contribution in [0.5, 0.6) is 0 Å². The molecule has 22 heavy (non-hydrogen) atoms. The van der Waals surface area contributed by atoms with Crippen molar-refractivity contribution >= 4 is 33.3 Å². The highest BCUT2D eigenvalue weighted by Crippen LogP contribution is 2.09. The zero-order valence-electron chi connectivity index (χ0n) is 11.8. The number of aryl methyl sites for hydroxylation is 1. The Morgan fingerprint density at radius 2 is 1.82 bits per heavy atom. The van der Waals surface area contributed by atoms with Gasteiger partial charge in [0.15, 0.2) is 11.2 Å². The normalized spacial score (nSPS) is 11.6. The van der Waals surface area contributed by atoms with Gasteiger partial charge >= 0.3 is 5.69 Å². The summed E-state index contributed by atoms with van der Waals surface area (Å²) in [5.74, 6) is 0. The van der Waals surface area contributed by atoms with Crippen molar-refractivity contribution in [2.75, 3.05) is 0 Å². The maximum atomic E-state index is 12.0. The van der Waals surface area contributed by atoms with E-state index in [4.69, 9.17) is 0 Å².